The van der Waals surface area contributed by atoms with E-state index in [0.717, 1.165) is 0 Å². The van der Waals surface area contributed by atoms with E-state index in [1.54, 1.807) is 61.7 Å². The van der Waals surface area contributed by atoms with Crippen molar-refractivity contribution in [1.29, 1.82) is 0 Å². The molecule has 7 nitrogen and oxygen atoms in total. The summed E-state index contributed by atoms with van der Waals surface area (Å²) < 4.78 is 7.27. The molecule has 4 aromatic rings. The second-order valence-corrected chi connectivity index (χ2v) is 7.05. The average Bonchev–Trinajstić information content (AvgIpc) is 2.77. The van der Waals surface area contributed by atoms with Crippen molar-refractivity contribution in [2.75, 3.05) is 5.32 Å². The van der Waals surface area contributed by atoms with Crippen LogP contribution in [0.4, 0.5) is 5.69 Å². The lowest BCUT2D eigenvalue weighted by molar-refractivity contribution is 0.101. The van der Waals surface area contributed by atoms with Crippen LogP contribution in [0.1, 0.15) is 16.2 Å². The predicted molar refractivity (Wildman–Crippen MR) is 118 cm³/mol. The van der Waals surface area contributed by atoms with Crippen molar-refractivity contribution in [3.05, 3.63) is 106 Å². The molecule has 8 heteroatoms. The first-order chi connectivity index (χ1) is 15.0. The second-order valence-electron chi connectivity index (χ2n) is 6.61. The van der Waals surface area contributed by atoms with Crippen LogP contribution in [-0.4, -0.2) is 20.7 Å². The maximum absolute atomic E-state index is 12.9. The van der Waals surface area contributed by atoms with Gasteiger partial charge in [0.05, 0.1) is 5.69 Å². The van der Waals surface area contributed by atoms with Gasteiger partial charge in [-0.15, -0.1) is 0 Å². The Morgan fingerprint density at radius 1 is 1.03 bits per heavy atom. The number of para-hydroxylation sites is 1. The lowest BCUT2D eigenvalue weighted by Gasteiger charge is -2.13. The van der Waals surface area contributed by atoms with E-state index in [4.69, 9.17) is 16.3 Å². The average molecular weight is 433 g/mol. The maximum Gasteiger partial charge on any atom is 0.280 e. The number of aromatic nitrogens is 3. The fraction of sp³-hybridized carbons (Fsp3) is 0.0435. The van der Waals surface area contributed by atoms with Crippen LogP contribution in [0.25, 0.3) is 5.69 Å². The predicted octanol–water partition coefficient (Wildman–Crippen LogP) is 4.63. The SMILES string of the molecule is Cc1cc(=O)c(C(=O)Nc2cccnc2Oc2ccccc2)nn1-c1ccc(Cl)cc1. The van der Waals surface area contributed by atoms with Gasteiger partial charge in [-0.3, -0.25) is 9.59 Å². The van der Waals surface area contributed by atoms with Crippen molar-refractivity contribution in [3.8, 4) is 17.3 Å². The third-order valence-electron chi connectivity index (χ3n) is 4.37. The number of anilines is 1. The Kier molecular flexibility index (Phi) is 5.77. The van der Waals surface area contributed by atoms with Crippen LogP contribution in [0, 0.1) is 6.92 Å². The number of benzene rings is 2. The number of ether oxygens (including phenoxy) is 1. The Bertz CT molecular complexity index is 1290. The molecule has 0 saturated carbocycles. The van der Waals surface area contributed by atoms with Crippen LogP contribution in [-0.2, 0) is 0 Å². The number of nitrogens with one attached hydrogen (secondary N) is 1. The van der Waals surface area contributed by atoms with Crippen molar-refractivity contribution in [1.82, 2.24) is 14.8 Å². The van der Waals surface area contributed by atoms with Crippen LogP contribution in [0.5, 0.6) is 11.6 Å². The van der Waals surface area contributed by atoms with Crippen LogP contribution < -0.4 is 15.5 Å². The lowest BCUT2D eigenvalue weighted by atomic mass is 10.2. The van der Waals surface area contributed by atoms with E-state index in [9.17, 15) is 9.59 Å². The Morgan fingerprint density at radius 3 is 2.52 bits per heavy atom. The van der Waals surface area contributed by atoms with Gasteiger partial charge in [0.25, 0.3) is 5.91 Å². The van der Waals surface area contributed by atoms with Gasteiger partial charge in [-0.1, -0.05) is 29.8 Å². The molecule has 0 spiro atoms. The van der Waals surface area contributed by atoms with E-state index in [1.807, 2.05) is 18.2 Å². The Hall–Kier alpha value is -3.97. The molecule has 2 aromatic carbocycles. The topological polar surface area (TPSA) is 86.1 Å². The smallest absolute Gasteiger partial charge is 0.280 e. The highest BCUT2D eigenvalue weighted by Gasteiger charge is 2.18. The number of hydrogen-bond donors (Lipinski definition) is 1. The molecule has 1 N–H and O–H groups in total. The van der Waals surface area contributed by atoms with Crippen molar-refractivity contribution < 1.29 is 9.53 Å². The first kappa shape index (κ1) is 20.3. The molecule has 0 unspecified atom stereocenters. The standard InChI is InChI=1S/C23H17ClN4O3/c1-15-14-20(29)21(27-28(15)17-11-9-16(24)10-12-17)22(30)26-19-8-5-13-25-23(19)31-18-6-3-2-4-7-18/h2-14H,1H3,(H,26,30). The van der Waals surface area contributed by atoms with E-state index in [2.05, 4.69) is 15.4 Å². The molecule has 2 heterocycles. The van der Waals surface area contributed by atoms with Crippen LogP contribution >= 0.6 is 11.6 Å². The summed E-state index contributed by atoms with van der Waals surface area (Å²) in [5.41, 5.74) is 0.824. The summed E-state index contributed by atoms with van der Waals surface area (Å²) in [5.74, 6) is 0.0982. The number of rotatable bonds is 5. The molecule has 0 aliphatic heterocycles. The molecule has 0 atom stereocenters. The molecule has 0 aliphatic rings. The van der Waals surface area contributed by atoms with Gasteiger partial charge in [-0.05, 0) is 55.5 Å². The van der Waals surface area contributed by atoms with Gasteiger partial charge < -0.3 is 10.1 Å². The van der Waals surface area contributed by atoms with E-state index in [1.165, 1.54) is 10.7 Å². The molecule has 0 aliphatic carbocycles. The van der Waals surface area contributed by atoms with E-state index in [-0.39, 0.29) is 11.6 Å². The Balaban J connectivity index is 1.65. The van der Waals surface area contributed by atoms with Crippen LogP contribution in [0.15, 0.2) is 83.8 Å². The van der Waals surface area contributed by atoms with Gasteiger partial charge in [-0.2, -0.15) is 5.10 Å². The van der Waals surface area contributed by atoms with Gasteiger partial charge >= 0.3 is 0 Å². The van der Waals surface area contributed by atoms with Gasteiger partial charge in [-0.25, -0.2) is 9.67 Å². The Morgan fingerprint density at radius 2 is 1.77 bits per heavy atom. The highest BCUT2D eigenvalue weighted by molar-refractivity contribution is 6.30. The minimum absolute atomic E-state index is 0.201. The molecule has 154 valence electrons. The zero-order valence-electron chi connectivity index (χ0n) is 16.4. The summed E-state index contributed by atoms with van der Waals surface area (Å²) in [7, 11) is 0. The lowest BCUT2D eigenvalue weighted by Crippen LogP contribution is -2.27. The number of amides is 1. The van der Waals surface area contributed by atoms with Crippen LogP contribution in [0.2, 0.25) is 5.02 Å². The van der Waals surface area contributed by atoms with Gasteiger partial charge in [0, 0.05) is 23.0 Å². The molecular formula is C23H17ClN4O3. The minimum atomic E-state index is -0.668. The minimum Gasteiger partial charge on any atom is -0.437 e. The molecular weight excluding hydrogens is 416 g/mol. The first-order valence-corrected chi connectivity index (χ1v) is 9.75. The highest BCUT2D eigenvalue weighted by atomic mass is 35.5. The van der Waals surface area contributed by atoms with Gasteiger partial charge in [0.2, 0.25) is 11.3 Å². The number of halogens is 1. The van der Waals surface area contributed by atoms with Crippen molar-refractivity contribution in [2.24, 2.45) is 0 Å². The summed E-state index contributed by atoms with van der Waals surface area (Å²) in [6.07, 6.45) is 1.55. The van der Waals surface area contributed by atoms with E-state index in [0.29, 0.717) is 27.8 Å². The monoisotopic (exact) mass is 432 g/mol. The third kappa shape index (κ3) is 4.62. The zero-order chi connectivity index (χ0) is 21.8. The number of aryl methyl sites for hydroxylation is 1. The van der Waals surface area contributed by atoms with Crippen molar-refractivity contribution >= 4 is 23.2 Å². The fourth-order valence-corrected chi connectivity index (χ4v) is 3.02. The van der Waals surface area contributed by atoms with E-state index < -0.39 is 11.3 Å². The van der Waals surface area contributed by atoms with Gasteiger partial charge in [0.15, 0.2) is 5.69 Å². The number of pyridine rings is 1. The summed E-state index contributed by atoms with van der Waals surface area (Å²) in [5, 5.41) is 7.51. The Labute approximate surface area is 182 Å². The van der Waals surface area contributed by atoms with Crippen LogP contribution in [0.3, 0.4) is 0 Å². The quantitative estimate of drug-likeness (QED) is 0.496. The van der Waals surface area contributed by atoms with E-state index >= 15 is 0 Å². The molecule has 1 amide bonds. The summed E-state index contributed by atoms with van der Waals surface area (Å²) in [6.45, 7) is 1.73. The van der Waals surface area contributed by atoms with Crippen molar-refractivity contribution in [2.45, 2.75) is 6.92 Å². The van der Waals surface area contributed by atoms with Gasteiger partial charge in [0.1, 0.15) is 11.4 Å². The number of hydrogen-bond acceptors (Lipinski definition) is 5. The summed E-state index contributed by atoms with van der Waals surface area (Å²) >= 11 is 5.95. The normalized spacial score (nSPS) is 10.5. The third-order valence-corrected chi connectivity index (χ3v) is 4.62. The summed E-state index contributed by atoms with van der Waals surface area (Å²) in [6, 6.07) is 20.6. The molecule has 0 saturated heterocycles. The highest BCUT2D eigenvalue weighted by Crippen LogP contribution is 2.26. The number of carbonyl (C=O) groups excluding carboxylic acids is 1. The molecule has 4 rings (SSSR count). The summed E-state index contributed by atoms with van der Waals surface area (Å²) in [4.78, 5) is 29.6. The first-order valence-electron chi connectivity index (χ1n) is 9.37. The molecule has 31 heavy (non-hydrogen) atoms. The maximum atomic E-state index is 12.9. The number of nitrogens with zero attached hydrogens (tertiary/aromatic N) is 3. The van der Waals surface area contributed by atoms with Crippen molar-refractivity contribution in [3.63, 3.8) is 0 Å². The molecule has 0 fully saturated rings. The zero-order valence-corrected chi connectivity index (χ0v) is 17.2. The largest absolute Gasteiger partial charge is 0.437 e. The second kappa shape index (κ2) is 8.81. The number of carbonyl (C=O) groups is 1. The fourth-order valence-electron chi connectivity index (χ4n) is 2.90. The molecule has 0 radical (unpaired) electrons. The molecule has 0 bridgehead atoms. The molecule has 2 aromatic heterocycles.